The molecule has 2 aromatic rings. The van der Waals surface area contributed by atoms with Gasteiger partial charge in [0.25, 0.3) is 5.56 Å². The number of hydrogen-bond acceptors (Lipinski definition) is 3. The van der Waals surface area contributed by atoms with Crippen LogP contribution < -0.4 is 5.56 Å². The lowest BCUT2D eigenvalue weighted by molar-refractivity contribution is 0.249. The molecule has 0 aliphatic carbocycles. The molecule has 2 rings (SSSR count). The van der Waals surface area contributed by atoms with Crippen molar-refractivity contribution in [3.05, 3.63) is 35.1 Å². The number of nitrogens with zero attached hydrogens (tertiary/aromatic N) is 3. The Balaban J connectivity index is 2.41. The molecule has 0 aliphatic heterocycles. The van der Waals surface area contributed by atoms with Crippen LogP contribution in [0, 0.1) is 17.8 Å². The first-order valence-corrected chi connectivity index (χ1v) is 6.80. The monoisotopic (exact) mass is 259 g/mol. The van der Waals surface area contributed by atoms with Crippen molar-refractivity contribution in [1.82, 2.24) is 14.5 Å². The van der Waals surface area contributed by atoms with Gasteiger partial charge in [-0.1, -0.05) is 27.7 Å². The SMILES string of the molecule is CC(C)C(Cn1cnc2cnccc2c1=O)C(C)C. The van der Waals surface area contributed by atoms with Gasteiger partial charge in [-0.15, -0.1) is 0 Å². The molecular weight excluding hydrogens is 238 g/mol. The molecule has 0 spiro atoms. The second kappa shape index (κ2) is 5.51. The maximum Gasteiger partial charge on any atom is 0.261 e. The lowest BCUT2D eigenvalue weighted by Gasteiger charge is -2.25. The molecule has 0 aliphatic rings. The van der Waals surface area contributed by atoms with Gasteiger partial charge in [-0.25, -0.2) is 4.98 Å². The predicted octanol–water partition coefficient (Wildman–Crippen LogP) is 2.72. The molecule has 0 radical (unpaired) electrons. The third-order valence-corrected chi connectivity index (χ3v) is 3.75. The van der Waals surface area contributed by atoms with E-state index in [0.29, 0.717) is 28.7 Å². The van der Waals surface area contributed by atoms with Crippen LogP contribution in [0.25, 0.3) is 10.9 Å². The summed E-state index contributed by atoms with van der Waals surface area (Å²) in [7, 11) is 0. The smallest absolute Gasteiger partial charge is 0.261 e. The van der Waals surface area contributed by atoms with Crippen LogP contribution in [0.3, 0.4) is 0 Å². The zero-order valence-corrected chi connectivity index (χ0v) is 12.0. The summed E-state index contributed by atoms with van der Waals surface area (Å²) < 4.78 is 1.73. The maximum absolute atomic E-state index is 12.4. The van der Waals surface area contributed by atoms with Crippen molar-refractivity contribution in [2.24, 2.45) is 17.8 Å². The van der Waals surface area contributed by atoms with Crippen molar-refractivity contribution in [2.75, 3.05) is 0 Å². The molecule has 0 aromatic carbocycles. The van der Waals surface area contributed by atoms with E-state index in [1.807, 2.05) is 0 Å². The number of pyridine rings is 1. The summed E-state index contributed by atoms with van der Waals surface area (Å²) >= 11 is 0. The highest BCUT2D eigenvalue weighted by Crippen LogP contribution is 2.22. The van der Waals surface area contributed by atoms with E-state index in [1.165, 1.54) is 0 Å². The highest BCUT2D eigenvalue weighted by Gasteiger charge is 2.19. The minimum Gasteiger partial charge on any atom is -0.298 e. The number of aromatic nitrogens is 3. The fourth-order valence-corrected chi connectivity index (χ4v) is 2.56. The molecule has 19 heavy (non-hydrogen) atoms. The minimum atomic E-state index is 0.0266. The Bertz CT molecular complexity index is 608. The standard InChI is InChI=1S/C15H21N3O/c1-10(2)13(11(3)4)8-18-9-17-14-7-16-6-5-12(14)15(18)19/h5-7,9-11,13H,8H2,1-4H3. The maximum atomic E-state index is 12.4. The largest absolute Gasteiger partial charge is 0.298 e. The van der Waals surface area contributed by atoms with Crippen molar-refractivity contribution < 1.29 is 0 Å². The third-order valence-electron chi connectivity index (χ3n) is 3.75. The summed E-state index contributed by atoms with van der Waals surface area (Å²) in [5, 5.41) is 0.642. The molecule has 0 fully saturated rings. The Labute approximate surface area is 113 Å². The van der Waals surface area contributed by atoms with Crippen molar-refractivity contribution in [1.29, 1.82) is 0 Å². The summed E-state index contributed by atoms with van der Waals surface area (Å²) in [5.74, 6) is 1.55. The zero-order valence-electron chi connectivity index (χ0n) is 12.0. The minimum absolute atomic E-state index is 0.0266. The van der Waals surface area contributed by atoms with Crippen LogP contribution in [0.1, 0.15) is 27.7 Å². The van der Waals surface area contributed by atoms with E-state index >= 15 is 0 Å². The Hall–Kier alpha value is -1.71. The van der Waals surface area contributed by atoms with Crippen molar-refractivity contribution >= 4 is 10.9 Å². The molecule has 0 unspecified atom stereocenters. The van der Waals surface area contributed by atoms with Gasteiger partial charge in [-0.2, -0.15) is 0 Å². The quantitative estimate of drug-likeness (QED) is 0.848. The Kier molecular flexibility index (Phi) is 3.98. The van der Waals surface area contributed by atoms with Crippen LogP contribution in [-0.2, 0) is 6.54 Å². The molecule has 2 heterocycles. The van der Waals surface area contributed by atoms with Gasteiger partial charge in [0.15, 0.2) is 0 Å². The van der Waals surface area contributed by atoms with Gasteiger partial charge in [0.05, 0.1) is 23.4 Å². The molecule has 0 bridgehead atoms. The Morgan fingerprint density at radius 3 is 2.53 bits per heavy atom. The molecule has 2 aromatic heterocycles. The number of hydrogen-bond donors (Lipinski definition) is 0. The van der Waals surface area contributed by atoms with E-state index in [2.05, 4.69) is 37.7 Å². The first-order chi connectivity index (χ1) is 9.00. The molecule has 4 nitrogen and oxygen atoms in total. The normalized spacial score (nSPS) is 11.9. The van der Waals surface area contributed by atoms with E-state index in [1.54, 1.807) is 29.4 Å². The Morgan fingerprint density at radius 2 is 1.89 bits per heavy atom. The Morgan fingerprint density at radius 1 is 1.21 bits per heavy atom. The van der Waals surface area contributed by atoms with Gasteiger partial charge in [-0.3, -0.25) is 14.3 Å². The van der Waals surface area contributed by atoms with E-state index in [4.69, 9.17) is 0 Å². The summed E-state index contributed by atoms with van der Waals surface area (Å²) in [5.41, 5.74) is 0.688. The fourth-order valence-electron chi connectivity index (χ4n) is 2.56. The molecule has 4 heteroatoms. The van der Waals surface area contributed by atoms with Crippen LogP contribution in [0.4, 0.5) is 0 Å². The van der Waals surface area contributed by atoms with Crippen molar-refractivity contribution in [2.45, 2.75) is 34.2 Å². The van der Waals surface area contributed by atoms with E-state index in [-0.39, 0.29) is 5.56 Å². The topological polar surface area (TPSA) is 47.8 Å². The van der Waals surface area contributed by atoms with Crippen molar-refractivity contribution in [3.8, 4) is 0 Å². The van der Waals surface area contributed by atoms with E-state index in [9.17, 15) is 4.79 Å². The average molecular weight is 259 g/mol. The molecule has 102 valence electrons. The second-order valence-electron chi connectivity index (χ2n) is 5.75. The van der Waals surface area contributed by atoms with Crippen LogP contribution in [-0.4, -0.2) is 14.5 Å². The van der Waals surface area contributed by atoms with Gasteiger partial charge in [0.1, 0.15) is 0 Å². The van der Waals surface area contributed by atoms with Gasteiger partial charge < -0.3 is 0 Å². The molecule has 0 atom stereocenters. The summed E-state index contributed by atoms with van der Waals surface area (Å²) in [6.45, 7) is 9.53. The van der Waals surface area contributed by atoms with E-state index in [0.717, 1.165) is 6.54 Å². The number of fused-ring (bicyclic) bond motifs is 1. The molecule has 0 amide bonds. The third kappa shape index (κ3) is 2.83. The van der Waals surface area contributed by atoms with Crippen LogP contribution in [0.5, 0.6) is 0 Å². The lowest BCUT2D eigenvalue weighted by atomic mass is 9.85. The van der Waals surface area contributed by atoms with Crippen molar-refractivity contribution in [3.63, 3.8) is 0 Å². The first kappa shape index (κ1) is 13.7. The lowest BCUT2D eigenvalue weighted by Crippen LogP contribution is -2.29. The predicted molar refractivity (Wildman–Crippen MR) is 77.0 cm³/mol. The molecule has 0 saturated carbocycles. The number of rotatable bonds is 4. The zero-order chi connectivity index (χ0) is 14.0. The van der Waals surface area contributed by atoms with Gasteiger partial charge in [-0.05, 0) is 23.8 Å². The summed E-state index contributed by atoms with van der Waals surface area (Å²) in [6.07, 6.45) is 4.91. The highest BCUT2D eigenvalue weighted by atomic mass is 16.1. The second-order valence-corrected chi connectivity index (χ2v) is 5.75. The van der Waals surface area contributed by atoms with Crippen LogP contribution in [0.15, 0.2) is 29.6 Å². The van der Waals surface area contributed by atoms with Crippen LogP contribution in [0.2, 0.25) is 0 Å². The van der Waals surface area contributed by atoms with Gasteiger partial charge >= 0.3 is 0 Å². The molecule has 0 N–H and O–H groups in total. The summed E-state index contributed by atoms with van der Waals surface area (Å²) in [4.78, 5) is 20.7. The summed E-state index contributed by atoms with van der Waals surface area (Å²) in [6, 6.07) is 1.74. The van der Waals surface area contributed by atoms with Gasteiger partial charge in [0.2, 0.25) is 0 Å². The average Bonchev–Trinajstić information content (AvgIpc) is 2.37. The first-order valence-electron chi connectivity index (χ1n) is 6.80. The van der Waals surface area contributed by atoms with E-state index < -0.39 is 0 Å². The van der Waals surface area contributed by atoms with Gasteiger partial charge in [0, 0.05) is 12.7 Å². The molecule has 0 saturated heterocycles. The van der Waals surface area contributed by atoms with Crippen LogP contribution >= 0.6 is 0 Å². The highest BCUT2D eigenvalue weighted by molar-refractivity contribution is 5.75. The fraction of sp³-hybridized carbons (Fsp3) is 0.533. The molecular formula is C15H21N3O.